The summed E-state index contributed by atoms with van der Waals surface area (Å²) >= 11 is 6.26. The van der Waals surface area contributed by atoms with E-state index in [1.54, 1.807) is 24.3 Å². The van der Waals surface area contributed by atoms with Crippen LogP contribution >= 0.6 is 24.0 Å². The van der Waals surface area contributed by atoms with Crippen LogP contribution in [0.2, 0.25) is 0 Å². The highest BCUT2D eigenvalue weighted by Gasteiger charge is 2.31. The highest BCUT2D eigenvalue weighted by Crippen LogP contribution is 2.36. The average molecular weight is 336 g/mol. The third-order valence-electron chi connectivity index (χ3n) is 3.11. The van der Waals surface area contributed by atoms with Gasteiger partial charge in [-0.25, -0.2) is 0 Å². The van der Waals surface area contributed by atoms with Gasteiger partial charge in [-0.05, 0) is 23.8 Å². The number of aliphatic carboxylic acids is 1. The Hall–Kier alpha value is -2.06. The number of ether oxygens (including phenoxy) is 2. The first-order chi connectivity index (χ1) is 10.5. The molecular formula is C14H10NO5S2-. The quantitative estimate of drug-likeness (QED) is 0.593. The molecule has 1 aromatic carbocycles. The van der Waals surface area contributed by atoms with Gasteiger partial charge in [0.25, 0.3) is 5.91 Å². The van der Waals surface area contributed by atoms with Crippen LogP contribution in [0.3, 0.4) is 0 Å². The van der Waals surface area contributed by atoms with Gasteiger partial charge in [0, 0.05) is 18.9 Å². The third-order valence-corrected chi connectivity index (χ3v) is 4.49. The SMILES string of the molecule is O=C([O-])CCN1C(=O)/C(=C\c2ccc3c(c2)OCO3)SC1=S. The number of hydrogen-bond donors (Lipinski definition) is 0. The summed E-state index contributed by atoms with van der Waals surface area (Å²) in [6.07, 6.45) is 1.45. The molecule has 0 aromatic heterocycles. The minimum absolute atomic E-state index is 0.0193. The molecule has 0 aliphatic carbocycles. The van der Waals surface area contributed by atoms with Gasteiger partial charge in [0.2, 0.25) is 6.79 Å². The lowest BCUT2D eigenvalue weighted by Gasteiger charge is -2.14. The highest BCUT2D eigenvalue weighted by atomic mass is 32.2. The van der Waals surface area contributed by atoms with Gasteiger partial charge in [-0.1, -0.05) is 30.0 Å². The molecular weight excluding hydrogens is 326 g/mol. The molecule has 8 heteroatoms. The second-order valence-corrected chi connectivity index (χ2v) is 6.24. The van der Waals surface area contributed by atoms with Crippen molar-refractivity contribution < 1.29 is 24.2 Å². The Bertz CT molecular complexity index is 700. The molecule has 1 aromatic rings. The average Bonchev–Trinajstić information content (AvgIpc) is 3.02. The zero-order chi connectivity index (χ0) is 15.7. The number of thiocarbonyl (C=S) groups is 1. The van der Waals surface area contributed by atoms with Crippen LogP contribution in [0.25, 0.3) is 6.08 Å². The minimum Gasteiger partial charge on any atom is -0.550 e. The molecule has 2 aliphatic heterocycles. The van der Waals surface area contributed by atoms with Crippen molar-refractivity contribution in [3.05, 3.63) is 28.7 Å². The molecule has 0 atom stereocenters. The van der Waals surface area contributed by atoms with Crippen LogP contribution in [-0.4, -0.2) is 34.4 Å². The van der Waals surface area contributed by atoms with E-state index in [-0.39, 0.29) is 25.7 Å². The van der Waals surface area contributed by atoms with Gasteiger partial charge in [0.15, 0.2) is 11.5 Å². The summed E-state index contributed by atoms with van der Waals surface area (Å²) in [5.41, 5.74) is 0.782. The number of carbonyl (C=O) groups excluding carboxylic acids is 2. The lowest BCUT2D eigenvalue weighted by atomic mass is 10.2. The van der Waals surface area contributed by atoms with Gasteiger partial charge in [0.05, 0.1) is 4.91 Å². The van der Waals surface area contributed by atoms with E-state index in [0.717, 1.165) is 17.3 Å². The lowest BCUT2D eigenvalue weighted by molar-refractivity contribution is -0.305. The molecule has 0 N–H and O–H groups in total. The molecule has 0 saturated carbocycles. The minimum atomic E-state index is -1.21. The largest absolute Gasteiger partial charge is 0.550 e. The Morgan fingerprint density at radius 2 is 2.18 bits per heavy atom. The number of amides is 1. The van der Waals surface area contributed by atoms with Crippen molar-refractivity contribution in [1.82, 2.24) is 4.90 Å². The number of hydrogen-bond acceptors (Lipinski definition) is 7. The van der Waals surface area contributed by atoms with Crippen LogP contribution < -0.4 is 14.6 Å². The van der Waals surface area contributed by atoms with E-state index in [0.29, 0.717) is 20.7 Å². The van der Waals surface area contributed by atoms with E-state index in [1.165, 1.54) is 4.90 Å². The van der Waals surface area contributed by atoms with Gasteiger partial charge in [-0.2, -0.15) is 0 Å². The summed E-state index contributed by atoms with van der Waals surface area (Å²) in [5.74, 6) is -0.220. The maximum absolute atomic E-state index is 12.2. The summed E-state index contributed by atoms with van der Waals surface area (Å²) in [6.45, 7) is 0.204. The van der Waals surface area contributed by atoms with E-state index < -0.39 is 5.97 Å². The van der Waals surface area contributed by atoms with Gasteiger partial charge < -0.3 is 19.4 Å². The first kappa shape index (κ1) is 14.9. The smallest absolute Gasteiger partial charge is 0.266 e. The number of carboxylic acids is 1. The van der Waals surface area contributed by atoms with Gasteiger partial charge in [-0.3, -0.25) is 9.69 Å². The van der Waals surface area contributed by atoms with Crippen molar-refractivity contribution in [1.29, 1.82) is 0 Å². The molecule has 2 heterocycles. The van der Waals surface area contributed by atoms with Crippen molar-refractivity contribution in [2.24, 2.45) is 0 Å². The van der Waals surface area contributed by atoms with E-state index in [9.17, 15) is 14.7 Å². The molecule has 1 fully saturated rings. The number of thioether (sulfide) groups is 1. The summed E-state index contributed by atoms with van der Waals surface area (Å²) in [4.78, 5) is 24.5. The predicted octanol–water partition coefficient (Wildman–Crippen LogP) is 0.756. The Morgan fingerprint density at radius 3 is 2.95 bits per heavy atom. The second-order valence-electron chi connectivity index (χ2n) is 4.57. The first-order valence-corrected chi connectivity index (χ1v) is 7.62. The lowest BCUT2D eigenvalue weighted by Crippen LogP contribution is -2.33. The number of rotatable bonds is 4. The molecule has 0 bridgehead atoms. The van der Waals surface area contributed by atoms with Crippen molar-refractivity contribution in [3.63, 3.8) is 0 Å². The summed E-state index contributed by atoms with van der Waals surface area (Å²) < 4.78 is 10.9. The first-order valence-electron chi connectivity index (χ1n) is 6.39. The number of nitrogens with zero attached hydrogens (tertiary/aromatic N) is 1. The van der Waals surface area contributed by atoms with Crippen LogP contribution in [0, 0.1) is 0 Å². The van der Waals surface area contributed by atoms with E-state index in [1.807, 2.05) is 0 Å². The topological polar surface area (TPSA) is 78.9 Å². The number of carboxylic acid groups (broad SMARTS) is 1. The maximum Gasteiger partial charge on any atom is 0.266 e. The fourth-order valence-corrected chi connectivity index (χ4v) is 3.36. The fraction of sp³-hybridized carbons (Fsp3) is 0.214. The van der Waals surface area contributed by atoms with E-state index in [2.05, 4.69) is 0 Å². The third kappa shape index (κ3) is 2.93. The Kier molecular flexibility index (Phi) is 4.04. The molecule has 114 valence electrons. The molecule has 6 nitrogen and oxygen atoms in total. The van der Waals surface area contributed by atoms with Gasteiger partial charge >= 0.3 is 0 Å². The zero-order valence-electron chi connectivity index (χ0n) is 11.2. The maximum atomic E-state index is 12.2. The summed E-state index contributed by atoms with van der Waals surface area (Å²) in [6, 6.07) is 5.35. The Balaban J connectivity index is 1.79. The van der Waals surface area contributed by atoms with Crippen LogP contribution in [-0.2, 0) is 9.59 Å². The number of carbonyl (C=O) groups is 2. The molecule has 0 unspecified atom stereocenters. The molecule has 2 aliphatic rings. The molecule has 1 amide bonds. The zero-order valence-corrected chi connectivity index (χ0v) is 12.9. The Morgan fingerprint density at radius 1 is 1.41 bits per heavy atom. The Labute approximate surface area is 135 Å². The van der Waals surface area contributed by atoms with E-state index >= 15 is 0 Å². The number of fused-ring (bicyclic) bond motifs is 1. The van der Waals surface area contributed by atoms with Crippen LogP contribution in [0.1, 0.15) is 12.0 Å². The van der Waals surface area contributed by atoms with Gasteiger partial charge in [0.1, 0.15) is 4.32 Å². The number of benzene rings is 1. The summed E-state index contributed by atoms with van der Waals surface area (Å²) in [5, 5.41) is 10.5. The molecule has 1 saturated heterocycles. The van der Waals surface area contributed by atoms with E-state index in [4.69, 9.17) is 21.7 Å². The van der Waals surface area contributed by atoms with Crippen LogP contribution in [0.4, 0.5) is 0 Å². The van der Waals surface area contributed by atoms with Gasteiger partial charge in [-0.15, -0.1) is 0 Å². The molecule has 0 spiro atoms. The molecule has 0 radical (unpaired) electrons. The molecule has 22 heavy (non-hydrogen) atoms. The fourth-order valence-electron chi connectivity index (χ4n) is 2.05. The highest BCUT2D eigenvalue weighted by molar-refractivity contribution is 8.26. The standard InChI is InChI=1S/C14H11NO5S2/c16-12(17)3-4-15-13(18)11(22-14(15)21)6-8-1-2-9-10(5-8)20-7-19-9/h1-2,5-6H,3-4,7H2,(H,16,17)/p-1/b11-6+. The van der Waals surface area contributed by atoms with Crippen molar-refractivity contribution in [2.45, 2.75) is 6.42 Å². The van der Waals surface area contributed by atoms with Crippen LogP contribution in [0.15, 0.2) is 23.1 Å². The summed E-state index contributed by atoms with van der Waals surface area (Å²) in [7, 11) is 0. The monoisotopic (exact) mass is 336 g/mol. The normalized spacial score (nSPS) is 18.4. The van der Waals surface area contributed by atoms with Crippen molar-refractivity contribution in [2.75, 3.05) is 13.3 Å². The second kappa shape index (κ2) is 5.98. The predicted molar refractivity (Wildman–Crippen MR) is 82.1 cm³/mol. The van der Waals surface area contributed by atoms with Crippen LogP contribution in [0.5, 0.6) is 11.5 Å². The molecule has 3 rings (SSSR count). The van der Waals surface area contributed by atoms with Crippen molar-refractivity contribution in [3.8, 4) is 11.5 Å². The van der Waals surface area contributed by atoms with Crippen molar-refractivity contribution >= 4 is 46.3 Å².